The van der Waals surface area contributed by atoms with Gasteiger partial charge >= 0.3 is 0 Å². The van der Waals surface area contributed by atoms with E-state index in [-0.39, 0.29) is 5.54 Å². The molecule has 0 heterocycles. The zero-order valence-electron chi connectivity index (χ0n) is 12.9. The van der Waals surface area contributed by atoms with Crippen LogP contribution >= 0.6 is 0 Å². The van der Waals surface area contributed by atoms with Crippen LogP contribution in [0.5, 0.6) is 0 Å². The second-order valence-electron chi connectivity index (χ2n) is 4.87. The van der Waals surface area contributed by atoms with Crippen LogP contribution in [0, 0.1) is 0 Å². The van der Waals surface area contributed by atoms with E-state index in [9.17, 15) is 0 Å². The Balaban J connectivity index is 5.06. The van der Waals surface area contributed by atoms with Crippen LogP contribution in [0.3, 0.4) is 0 Å². The van der Waals surface area contributed by atoms with Crippen molar-refractivity contribution < 1.29 is 9.47 Å². The van der Waals surface area contributed by atoms with Crippen molar-refractivity contribution in [1.29, 1.82) is 0 Å². The minimum Gasteiger partial charge on any atom is -0.383 e. The molecule has 0 aliphatic heterocycles. The summed E-state index contributed by atoms with van der Waals surface area (Å²) in [5, 5.41) is 0. The predicted octanol–water partition coefficient (Wildman–Crippen LogP) is 1.88. The molecule has 2 N–H and O–H groups in total. The summed E-state index contributed by atoms with van der Waals surface area (Å²) < 4.78 is 10.7. The lowest BCUT2D eigenvalue weighted by atomic mass is 9.91. The SMILES string of the molecule is CCC(CC)N(CCOC)C(CC)(CN)COC. The van der Waals surface area contributed by atoms with Crippen LogP contribution in [0.2, 0.25) is 0 Å². The van der Waals surface area contributed by atoms with Gasteiger partial charge in [0.2, 0.25) is 0 Å². The molecule has 0 aliphatic rings. The standard InChI is InChI=1S/C14H32N2O2/c1-6-13(7-2)16(9-10-17-4)14(8-3,11-15)12-18-5/h13H,6-12,15H2,1-5H3. The molecular weight excluding hydrogens is 228 g/mol. The monoisotopic (exact) mass is 260 g/mol. The molecule has 0 amide bonds. The van der Waals surface area contributed by atoms with Crippen LogP contribution in [0.1, 0.15) is 40.0 Å². The van der Waals surface area contributed by atoms with Gasteiger partial charge in [-0.2, -0.15) is 0 Å². The number of rotatable bonds is 11. The largest absolute Gasteiger partial charge is 0.383 e. The highest BCUT2D eigenvalue weighted by molar-refractivity contribution is 4.93. The van der Waals surface area contributed by atoms with Crippen molar-refractivity contribution in [2.24, 2.45) is 5.73 Å². The summed E-state index contributed by atoms with van der Waals surface area (Å²) in [4.78, 5) is 2.50. The average molecular weight is 260 g/mol. The van der Waals surface area contributed by atoms with E-state index in [2.05, 4.69) is 25.7 Å². The lowest BCUT2D eigenvalue weighted by Crippen LogP contribution is -2.60. The van der Waals surface area contributed by atoms with Gasteiger partial charge in [0.05, 0.1) is 18.8 Å². The molecule has 0 spiro atoms. The summed E-state index contributed by atoms with van der Waals surface area (Å²) >= 11 is 0. The first-order valence-electron chi connectivity index (χ1n) is 7.10. The molecule has 0 aliphatic carbocycles. The van der Waals surface area contributed by atoms with Crippen molar-refractivity contribution in [1.82, 2.24) is 4.90 Å². The first-order valence-corrected chi connectivity index (χ1v) is 7.10. The third-order valence-electron chi connectivity index (χ3n) is 3.98. The van der Waals surface area contributed by atoms with Gasteiger partial charge in [0.25, 0.3) is 0 Å². The molecule has 0 aromatic heterocycles. The van der Waals surface area contributed by atoms with Crippen molar-refractivity contribution in [3.8, 4) is 0 Å². The molecule has 0 fully saturated rings. The van der Waals surface area contributed by atoms with Crippen LogP contribution in [0.4, 0.5) is 0 Å². The maximum Gasteiger partial charge on any atom is 0.0659 e. The van der Waals surface area contributed by atoms with Gasteiger partial charge in [0.15, 0.2) is 0 Å². The topological polar surface area (TPSA) is 47.7 Å². The molecule has 0 radical (unpaired) electrons. The Morgan fingerprint density at radius 2 is 1.72 bits per heavy atom. The van der Waals surface area contributed by atoms with E-state index in [0.29, 0.717) is 19.2 Å². The fraction of sp³-hybridized carbons (Fsp3) is 1.00. The van der Waals surface area contributed by atoms with E-state index in [4.69, 9.17) is 15.2 Å². The Hall–Kier alpha value is -0.160. The highest BCUT2D eigenvalue weighted by atomic mass is 16.5. The molecule has 0 aromatic rings. The second-order valence-corrected chi connectivity index (χ2v) is 4.87. The Bertz CT molecular complexity index is 192. The van der Waals surface area contributed by atoms with Gasteiger partial charge in [-0.25, -0.2) is 0 Å². The summed E-state index contributed by atoms with van der Waals surface area (Å²) in [6, 6.07) is 0.541. The number of nitrogens with two attached hydrogens (primary N) is 1. The molecule has 0 bridgehead atoms. The molecule has 0 aromatic carbocycles. The van der Waals surface area contributed by atoms with E-state index in [1.165, 1.54) is 0 Å². The number of hydrogen-bond acceptors (Lipinski definition) is 4. The summed E-state index contributed by atoms with van der Waals surface area (Å²) in [6.07, 6.45) is 3.26. The quantitative estimate of drug-likeness (QED) is 0.616. The number of methoxy groups -OCH3 is 2. The Morgan fingerprint density at radius 1 is 1.11 bits per heavy atom. The molecular formula is C14H32N2O2. The summed E-state index contributed by atoms with van der Waals surface area (Å²) in [7, 11) is 3.50. The van der Waals surface area contributed by atoms with Crippen molar-refractivity contribution >= 4 is 0 Å². The minimum atomic E-state index is -0.0655. The number of nitrogens with zero attached hydrogens (tertiary/aromatic N) is 1. The van der Waals surface area contributed by atoms with E-state index in [0.717, 1.165) is 32.4 Å². The van der Waals surface area contributed by atoms with Crippen LogP contribution in [0.15, 0.2) is 0 Å². The third kappa shape index (κ3) is 4.50. The first kappa shape index (κ1) is 17.8. The van der Waals surface area contributed by atoms with Crippen LogP contribution in [-0.2, 0) is 9.47 Å². The maximum absolute atomic E-state index is 6.06. The van der Waals surface area contributed by atoms with Gasteiger partial charge in [-0.05, 0) is 19.3 Å². The van der Waals surface area contributed by atoms with Gasteiger partial charge in [-0.3, -0.25) is 4.90 Å². The summed E-state index contributed by atoms with van der Waals surface area (Å²) in [6.45, 7) is 9.61. The van der Waals surface area contributed by atoms with E-state index in [1.54, 1.807) is 14.2 Å². The highest BCUT2D eigenvalue weighted by Gasteiger charge is 2.36. The average Bonchev–Trinajstić information content (AvgIpc) is 2.41. The van der Waals surface area contributed by atoms with E-state index in [1.807, 2.05) is 0 Å². The van der Waals surface area contributed by atoms with Gasteiger partial charge in [-0.1, -0.05) is 20.8 Å². The molecule has 1 unspecified atom stereocenters. The number of ether oxygens (including phenoxy) is 2. The fourth-order valence-corrected chi connectivity index (χ4v) is 2.70. The zero-order chi connectivity index (χ0) is 14.0. The minimum absolute atomic E-state index is 0.0655. The van der Waals surface area contributed by atoms with Gasteiger partial charge in [0.1, 0.15) is 0 Å². The van der Waals surface area contributed by atoms with Gasteiger partial charge in [-0.15, -0.1) is 0 Å². The number of hydrogen-bond donors (Lipinski definition) is 1. The normalized spacial score (nSPS) is 15.3. The molecule has 1 atom stereocenters. The molecule has 110 valence electrons. The first-order chi connectivity index (χ1) is 8.65. The van der Waals surface area contributed by atoms with Crippen molar-refractivity contribution in [2.45, 2.75) is 51.6 Å². The van der Waals surface area contributed by atoms with Crippen LogP contribution < -0.4 is 5.73 Å². The van der Waals surface area contributed by atoms with Crippen LogP contribution in [0.25, 0.3) is 0 Å². The molecule has 4 nitrogen and oxygen atoms in total. The smallest absolute Gasteiger partial charge is 0.0659 e. The second kappa shape index (κ2) is 9.73. The Labute approximate surface area is 113 Å². The molecule has 4 heteroatoms. The molecule has 0 saturated heterocycles. The Kier molecular flexibility index (Phi) is 9.64. The van der Waals surface area contributed by atoms with E-state index >= 15 is 0 Å². The summed E-state index contributed by atoms with van der Waals surface area (Å²) in [5.41, 5.74) is 6.00. The zero-order valence-corrected chi connectivity index (χ0v) is 12.9. The third-order valence-corrected chi connectivity index (χ3v) is 3.98. The molecule has 0 rings (SSSR count). The van der Waals surface area contributed by atoms with Crippen molar-refractivity contribution in [2.75, 3.05) is 40.5 Å². The summed E-state index contributed by atoms with van der Waals surface area (Å²) in [5.74, 6) is 0. The highest BCUT2D eigenvalue weighted by Crippen LogP contribution is 2.25. The van der Waals surface area contributed by atoms with E-state index < -0.39 is 0 Å². The lowest BCUT2D eigenvalue weighted by molar-refractivity contribution is -0.0291. The van der Waals surface area contributed by atoms with Gasteiger partial charge < -0.3 is 15.2 Å². The van der Waals surface area contributed by atoms with Crippen molar-refractivity contribution in [3.63, 3.8) is 0 Å². The lowest BCUT2D eigenvalue weighted by Gasteiger charge is -2.46. The van der Waals surface area contributed by atoms with Crippen molar-refractivity contribution in [3.05, 3.63) is 0 Å². The predicted molar refractivity (Wildman–Crippen MR) is 76.9 cm³/mol. The molecule has 18 heavy (non-hydrogen) atoms. The molecule has 0 saturated carbocycles. The fourth-order valence-electron chi connectivity index (χ4n) is 2.70. The Morgan fingerprint density at radius 3 is 2.06 bits per heavy atom. The van der Waals surface area contributed by atoms with Crippen LogP contribution in [-0.4, -0.2) is 57.0 Å². The van der Waals surface area contributed by atoms with Gasteiger partial charge in [0, 0.05) is 33.4 Å². The maximum atomic E-state index is 6.06.